The zero-order valence-corrected chi connectivity index (χ0v) is 17.5. The first-order valence-corrected chi connectivity index (χ1v) is 11.2. The van der Waals surface area contributed by atoms with E-state index in [1.165, 1.54) is 60.8 Å². The second-order valence-electron chi connectivity index (χ2n) is 8.74. The van der Waals surface area contributed by atoms with Crippen LogP contribution < -0.4 is 0 Å². The maximum atomic E-state index is 2.40. The van der Waals surface area contributed by atoms with E-state index in [0.29, 0.717) is 0 Å². The van der Waals surface area contributed by atoms with E-state index in [1.54, 1.807) is 0 Å². The van der Waals surface area contributed by atoms with E-state index >= 15 is 0 Å². The molecule has 7 rings (SSSR count). The predicted octanol–water partition coefficient (Wildman–Crippen LogP) is 7.75. The van der Waals surface area contributed by atoms with Gasteiger partial charge >= 0.3 is 0 Å². The lowest BCUT2D eigenvalue weighted by molar-refractivity contribution is 0.779. The minimum atomic E-state index is -0.242. The van der Waals surface area contributed by atoms with Gasteiger partial charge in [-0.15, -0.1) is 0 Å². The Morgan fingerprint density at radius 2 is 1.23 bits per heavy atom. The first kappa shape index (κ1) is 17.1. The summed E-state index contributed by atoms with van der Waals surface area (Å²) in [6, 6.07) is 38.6. The number of hydrogen-bond acceptors (Lipinski definition) is 0. The fourth-order valence-corrected chi connectivity index (χ4v) is 6.35. The van der Waals surface area contributed by atoms with Crippen molar-refractivity contribution in [3.8, 4) is 22.3 Å². The number of fused-ring (bicyclic) bond motifs is 12. The van der Waals surface area contributed by atoms with Crippen molar-refractivity contribution in [1.29, 1.82) is 0 Å². The fourth-order valence-electron chi connectivity index (χ4n) is 6.35. The van der Waals surface area contributed by atoms with E-state index in [1.807, 2.05) is 0 Å². The maximum absolute atomic E-state index is 2.40. The molecule has 5 aromatic rings. The monoisotopic (exact) mass is 394 g/mol. The molecule has 146 valence electrons. The molecule has 2 aliphatic carbocycles. The van der Waals surface area contributed by atoms with Crippen molar-refractivity contribution in [1.82, 2.24) is 0 Å². The molecule has 1 atom stereocenters. The molecule has 0 aliphatic heterocycles. The van der Waals surface area contributed by atoms with Gasteiger partial charge < -0.3 is 0 Å². The largest absolute Gasteiger partial charge is 0.0728 e. The van der Waals surface area contributed by atoms with Gasteiger partial charge in [0.2, 0.25) is 0 Å². The molecule has 1 spiro atoms. The topological polar surface area (TPSA) is 0 Å². The van der Waals surface area contributed by atoms with Crippen molar-refractivity contribution in [3.63, 3.8) is 0 Å². The normalized spacial score (nSPS) is 17.5. The Morgan fingerprint density at radius 1 is 0.548 bits per heavy atom. The van der Waals surface area contributed by atoms with Crippen LogP contribution in [0, 0.1) is 0 Å². The molecule has 0 amide bonds. The molecule has 0 aromatic heterocycles. The minimum Gasteiger partial charge on any atom is -0.0619 e. The van der Waals surface area contributed by atoms with E-state index in [0.717, 1.165) is 6.42 Å². The average Bonchev–Trinajstić information content (AvgIpc) is 3.31. The van der Waals surface area contributed by atoms with E-state index in [2.05, 4.69) is 110 Å². The smallest absolute Gasteiger partial charge is 0.0619 e. The number of benzene rings is 5. The summed E-state index contributed by atoms with van der Waals surface area (Å²) < 4.78 is 0. The number of rotatable bonds is 1. The number of aryl methyl sites for hydroxylation is 1. The summed E-state index contributed by atoms with van der Waals surface area (Å²) >= 11 is 0. The highest BCUT2D eigenvalue weighted by Crippen LogP contribution is 2.64. The molecule has 0 nitrogen and oxygen atoms in total. The Kier molecular flexibility index (Phi) is 3.28. The third kappa shape index (κ3) is 1.92. The Labute approximate surface area is 182 Å². The summed E-state index contributed by atoms with van der Waals surface area (Å²) in [6.07, 6.45) is 1.03. The first-order chi connectivity index (χ1) is 15.4. The van der Waals surface area contributed by atoms with Gasteiger partial charge in [0.1, 0.15) is 0 Å². The van der Waals surface area contributed by atoms with Crippen LogP contribution >= 0.6 is 0 Å². The van der Waals surface area contributed by atoms with Gasteiger partial charge in [0.15, 0.2) is 0 Å². The van der Waals surface area contributed by atoms with Crippen LogP contribution in [0.15, 0.2) is 103 Å². The highest BCUT2D eigenvalue weighted by Gasteiger charge is 2.52. The maximum Gasteiger partial charge on any atom is 0.0728 e. The Balaban J connectivity index is 1.76. The van der Waals surface area contributed by atoms with Gasteiger partial charge in [-0.1, -0.05) is 110 Å². The van der Waals surface area contributed by atoms with Gasteiger partial charge in [-0.05, 0) is 67.3 Å². The molecular weight excluding hydrogens is 372 g/mol. The minimum absolute atomic E-state index is 0.242. The highest BCUT2D eigenvalue weighted by molar-refractivity contribution is 6.06. The van der Waals surface area contributed by atoms with Crippen molar-refractivity contribution < 1.29 is 0 Å². The zero-order valence-electron chi connectivity index (χ0n) is 17.5. The molecule has 1 unspecified atom stereocenters. The Hall–Kier alpha value is -3.64. The van der Waals surface area contributed by atoms with E-state index in [4.69, 9.17) is 0 Å². The predicted molar refractivity (Wildman–Crippen MR) is 130 cm³/mol. The summed E-state index contributed by atoms with van der Waals surface area (Å²) in [5, 5.41) is 2.66. The summed E-state index contributed by atoms with van der Waals surface area (Å²) in [5.74, 6) is 0. The second-order valence-corrected chi connectivity index (χ2v) is 8.74. The van der Waals surface area contributed by atoms with Gasteiger partial charge in [0, 0.05) is 0 Å². The Bertz CT molecular complexity index is 1520. The lowest BCUT2D eigenvalue weighted by Crippen LogP contribution is -2.27. The standard InChI is InChI=1S/C31H22/c1-2-20-11-9-15-24-23-13-5-7-16-26(23)31(30(20)24)27-17-8-6-14-25(27)29-22-12-4-3-10-21(22)18-19-28(29)31/h3-19H,2H2,1H3. The Morgan fingerprint density at radius 3 is 2.06 bits per heavy atom. The first-order valence-electron chi connectivity index (χ1n) is 11.2. The third-order valence-electron chi connectivity index (χ3n) is 7.46. The molecule has 0 saturated heterocycles. The molecule has 0 radical (unpaired) electrons. The van der Waals surface area contributed by atoms with Crippen molar-refractivity contribution in [2.45, 2.75) is 18.8 Å². The molecule has 0 saturated carbocycles. The van der Waals surface area contributed by atoms with Gasteiger partial charge in [-0.3, -0.25) is 0 Å². The third-order valence-corrected chi connectivity index (χ3v) is 7.46. The summed E-state index contributed by atoms with van der Waals surface area (Å²) in [4.78, 5) is 0. The van der Waals surface area contributed by atoms with Gasteiger partial charge in [0.25, 0.3) is 0 Å². The molecule has 0 N–H and O–H groups in total. The molecular formula is C31H22. The second kappa shape index (κ2) is 5.95. The molecule has 5 aromatic carbocycles. The van der Waals surface area contributed by atoms with Crippen LogP contribution in [0.4, 0.5) is 0 Å². The van der Waals surface area contributed by atoms with E-state index in [9.17, 15) is 0 Å². The fraction of sp³-hybridized carbons (Fsp3) is 0.0968. The van der Waals surface area contributed by atoms with Crippen LogP contribution in [-0.4, -0.2) is 0 Å². The number of hydrogen-bond donors (Lipinski definition) is 0. The van der Waals surface area contributed by atoms with Gasteiger partial charge in [-0.2, -0.15) is 0 Å². The van der Waals surface area contributed by atoms with Crippen molar-refractivity contribution >= 4 is 10.8 Å². The van der Waals surface area contributed by atoms with Gasteiger partial charge in [0.05, 0.1) is 5.41 Å². The van der Waals surface area contributed by atoms with Crippen LogP contribution in [0.3, 0.4) is 0 Å². The summed E-state index contributed by atoms with van der Waals surface area (Å²) in [6.45, 7) is 2.29. The van der Waals surface area contributed by atoms with E-state index in [-0.39, 0.29) is 5.41 Å². The van der Waals surface area contributed by atoms with Crippen LogP contribution in [0.25, 0.3) is 33.0 Å². The van der Waals surface area contributed by atoms with Crippen LogP contribution in [0.5, 0.6) is 0 Å². The lowest BCUT2D eigenvalue weighted by Gasteiger charge is -2.32. The highest BCUT2D eigenvalue weighted by atomic mass is 14.5. The van der Waals surface area contributed by atoms with Crippen molar-refractivity contribution in [3.05, 3.63) is 131 Å². The van der Waals surface area contributed by atoms with Crippen molar-refractivity contribution in [2.24, 2.45) is 0 Å². The van der Waals surface area contributed by atoms with Crippen LogP contribution in [-0.2, 0) is 11.8 Å². The van der Waals surface area contributed by atoms with E-state index < -0.39 is 0 Å². The van der Waals surface area contributed by atoms with Gasteiger partial charge in [-0.25, -0.2) is 0 Å². The molecule has 0 heteroatoms. The molecule has 2 aliphatic rings. The summed E-state index contributed by atoms with van der Waals surface area (Å²) in [5.41, 5.74) is 12.5. The quantitative estimate of drug-likeness (QED) is 0.267. The molecule has 0 fully saturated rings. The zero-order chi connectivity index (χ0) is 20.6. The summed E-state index contributed by atoms with van der Waals surface area (Å²) in [7, 11) is 0. The average molecular weight is 395 g/mol. The molecule has 0 heterocycles. The van der Waals surface area contributed by atoms with Crippen LogP contribution in [0.1, 0.15) is 34.7 Å². The van der Waals surface area contributed by atoms with Crippen molar-refractivity contribution in [2.75, 3.05) is 0 Å². The SMILES string of the molecule is CCc1cccc2c1C1(c3ccccc3-2)c2ccccc2-c2c1ccc1ccccc21. The molecule has 31 heavy (non-hydrogen) atoms. The van der Waals surface area contributed by atoms with Crippen LogP contribution in [0.2, 0.25) is 0 Å². The lowest BCUT2D eigenvalue weighted by atomic mass is 9.69. The molecule has 0 bridgehead atoms.